The van der Waals surface area contributed by atoms with Crippen molar-refractivity contribution in [2.45, 2.75) is 62.8 Å². The average molecular weight is 354 g/mol. The van der Waals surface area contributed by atoms with E-state index in [-0.39, 0.29) is 12.4 Å². The number of hydrogen-bond donors (Lipinski definition) is 2. The van der Waals surface area contributed by atoms with Crippen LogP contribution in [0.15, 0.2) is 48.5 Å². The second-order valence-corrected chi connectivity index (χ2v) is 7.68. The fourth-order valence-electron chi connectivity index (χ4n) is 3.92. The molecule has 2 saturated carbocycles. The Morgan fingerprint density at radius 1 is 1.00 bits per heavy atom. The summed E-state index contributed by atoms with van der Waals surface area (Å²) in [6.07, 6.45) is 5.89. The number of ether oxygens (including phenoxy) is 1. The number of nitrogens with one attached hydrogen (secondary N) is 1. The van der Waals surface area contributed by atoms with Gasteiger partial charge in [-0.1, -0.05) is 30.3 Å². The van der Waals surface area contributed by atoms with Crippen LogP contribution < -0.4 is 15.8 Å². The minimum Gasteiger partial charge on any atom is -0.489 e. The second kappa shape index (κ2) is 7.77. The van der Waals surface area contributed by atoms with Crippen molar-refractivity contribution in [3.05, 3.63) is 65.5 Å². The highest BCUT2D eigenvalue weighted by atomic mass is 19.1. The van der Waals surface area contributed by atoms with Gasteiger partial charge in [0.25, 0.3) is 0 Å². The molecule has 3 N–H and O–H groups in total. The lowest BCUT2D eigenvalue weighted by molar-refractivity contribution is 0.300. The molecule has 2 atom stereocenters. The molecule has 0 bridgehead atoms. The van der Waals surface area contributed by atoms with Gasteiger partial charge in [-0.05, 0) is 55.9 Å². The van der Waals surface area contributed by atoms with Crippen LogP contribution in [0.25, 0.3) is 0 Å². The molecular formula is C22H27FN2O. The highest BCUT2D eigenvalue weighted by molar-refractivity contribution is 5.34. The third-order valence-corrected chi connectivity index (χ3v) is 5.67. The monoisotopic (exact) mass is 354 g/mol. The van der Waals surface area contributed by atoms with Crippen molar-refractivity contribution in [2.24, 2.45) is 5.73 Å². The smallest absolute Gasteiger partial charge is 0.129 e. The Balaban J connectivity index is 1.27. The predicted molar refractivity (Wildman–Crippen MR) is 102 cm³/mol. The van der Waals surface area contributed by atoms with E-state index in [0.717, 1.165) is 18.6 Å². The molecule has 2 aliphatic rings. The van der Waals surface area contributed by atoms with E-state index in [9.17, 15) is 4.39 Å². The molecular weight excluding hydrogens is 327 g/mol. The molecule has 0 amide bonds. The molecule has 0 radical (unpaired) electrons. The second-order valence-electron chi connectivity index (χ2n) is 7.68. The van der Waals surface area contributed by atoms with E-state index in [1.807, 2.05) is 18.2 Å². The van der Waals surface area contributed by atoms with Gasteiger partial charge in [0, 0.05) is 29.6 Å². The molecule has 4 rings (SSSR count). The lowest BCUT2D eigenvalue weighted by Crippen LogP contribution is -2.38. The maximum absolute atomic E-state index is 13.6. The Hall–Kier alpha value is -1.91. The molecule has 0 unspecified atom stereocenters. The van der Waals surface area contributed by atoms with Crippen molar-refractivity contribution in [3.63, 3.8) is 0 Å². The standard InChI is InChI=1S/C22H27FN2O/c23-21-4-2-1-3-16(21)14-26-19-11-5-15(6-12-19)20-13-22(20)25-18-9-7-17(24)8-10-18/h1-6,11-12,17-18,20,22,25H,7-10,13-14,24H2/t17-,18+,20-,22+/m0/s1. The number of benzene rings is 2. The van der Waals surface area contributed by atoms with E-state index in [1.165, 1.54) is 30.9 Å². The van der Waals surface area contributed by atoms with Crippen LogP contribution in [0, 0.1) is 5.82 Å². The van der Waals surface area contributed by atoms with Crippen molar-refractivity contribution >= 4 is 0 Å². The minimum atomic E-state index is -0.223. The topological polar surface area (TPSA) is 47.3 Å². The van der Waals surface area contributed by atoms with Gasteiger partial charge in [0.1, 0.15) is 18.2 Å². The predicted octanol–water partition coefficient (Wildman–Crippen LogP) is 4.12. The van der Waals surface area contributed by atoms with Gasteiger partial charge in [0.15, 0.2) is 0 Å². The van der Waals surface area contributed by atoms with Crippen molar-refractivity contribution in [1.82, 2.24) is 5.32 Å². The van der Waals surface area contributed by atoms with Gasteiger partial charge in [-0.2, -0.15) is 0 Å². The van der Waals surface area contributed by atoms with Gasteiger partial charge >= 0.3 is 0 Å². The first kappa shape index (κ1) is 17.5. The summed E-state index contributed by atoms with van der Waals surface area (Å²) >= 11 is 0. The number of rotatable bonds is 6. The van der Waals surface area contributed by atoms with Crippen LogP contribution in [-0.2, 0) is 6.61 Å². The van der Waals surface area contributed by atoms with Gasteiger partial charge in [-0.25, -0.2) is 4.39 Å². The molecule has 138 valence electrons. The maximum atomic E-state index is 13.6. The third kappa shape index (κ3) is 4.25. The number of hydrogen-bond acceptors (Lipinski definition) is 3. The zero-order valence-electron chi connectivity index (χ0n) is 15.0. The van der Waals surface area contributed by atoms with Crippen LogP contribution in [0.2, 0.25) is 0 Å². The Kier molecular flexibility index (Phi) is 5.23. The summed E-state index contributed by atoms with van der Waals surface area (Å²) in [5, 5.41) is 3.80. The lowest BCUT2D eigenvalue weighted by Gasteiger charge is -2.27. The molecule has 2 aromatic rings. The largest absolute Gasteiger partial charge is 0.489 e. The summed E-state index contributed by atoms with van der Waals surface area (Å²) in [4.78, 5) is 0. The summed E-state index contributed by atoms with van der Waals surface area (Å²) in [5.41, 5.74) is 7.92. The van der Waals surface area contributed by atoms with Crippen molar-refractivity contribution in [2.75, 3.05) is 0 Å². The Morgan fingerprint density at radius 2 is 1.73 bits per heavy atom. The van der Waals surface area contributed by atoms with Gasteiger partial charge in [-0.15, -0.1) is 0 Å². The Morgan fingerprint density at radius 3 is 2.46 bits per heavy atom. The van der Waals surface area contributed by atoms with E-state index in [2.05, 4.69) is 17.4 Å². The van der Waals surface area contributed by atoms with Crippen molar-refractivity contribution < 1.29 is 9.13 Å². The first-order valence-corrected chi connectivity index (χ1v) is 9.67. The van der Waals surface area contributed by atoms with Crippen LogP contribution in [0.5, 0.6) is 5.75 Å². The lowest BCUT2D eigenvalue weighted by atomic mass is 9.92. The summed E-state index contributed by atoms with van der Waals surface area (Å²) in [7, 11) is 0. The highest BCUT2D eigenvalue weighted by Crippen LogP contribution is 2.42. The van der Waals surface area contributed by atoms with Crippen molar-refractivity contribution in [1.29, 1.82) is 0 Å². The first-order valence-electron chi connectivity index (χ1n) is 9.67. The van der Waals surface area contributed by atoms with E-state index in [4.69, 9.17) is 10.5 Å². The molecule has 2 aliphatic carbocycles. The molecule has 2 aromatic carbocycles. The van der Waals surface area contributed by atoms with Crippen LogP contribution in [0.4, 0.5) is 4.39 Å². The van der Waals surface area contributed by atoms with E-state index in [1.54, 1.807) is 12.1 Å². The number of nitrogens with two attached hydrogens (primary N) is 1. The quantitative estimate of drug-likeness (QED) is 0.820. The SMILES string of the molecule is N[C@H]1CC[C@@H](N[C@@H]2C[C@H]2c2ccc(OCc3ccccc3F)cc2)CC1. The summed E-state index contributed by atoms with van der Waals surface area (Å²) in [6, 6.07) is 16.6. The van der Waals surface area contributed by atoms with Crippen LogP contribution in [0.1, 0.15) is 49.1 Å². The van der Waals surface area contributed by atoms with Gasteiger partial charge in [-0.3, -0.25) is 0 Å². The zero-order valence-corrected chi connectivity index (χ0v) is 15.0. The van der Waals surface area contributed by atoms with Gasteiger partial charge in [0.05, 0.1) is 0 Å². The highest BCUT2D eigenvalue weighted by Gasteiger charge is 2.39. The van der Waals surface area contributed by atoms with Crippen molar-refractivity contribution in [3.8, 4) is 5.75 Å². The van der Waals surface area contributed by atoms with Crippen LogP contribution >= 0.6 is 0 Å². The van der Waals surface area contributed by atoms with E-state index >= 15 is 0 Å². The first-order chi connectivity index (χ1) is 12.7. The summed E-state index contributed by atoms with van der Waals surface area (Å²) in [5.74, 6) is 1.16. The average Bonchev–Trinajstić information content (AvgIpc) is 3.43. The van der Waals surface area contributed by atoms with E-state index < -0.39 is 0 Å². The molecule has 4 heteroatoms. The summed E-state index contributed by atoms with van der Waals surface area (Å²) in [6.45, 7) is 0.253. The Bertz CT molecular complexity index is 725. The molecule has 0 aromatic heterocycles. The third-order valence-electron chi connectivity index (χ3n) is 5.67. The molecule has 2 fully saturated rings. The zero-order chi connectivity index (χ0) is 17.9. The molecule has 0 heterocycles. The normalized spacial score (nSPS) is 27.9. The fourth-order valence-corrected chi connectivity index (χ4v) is 3.92. The summed E-state index contributed by atoms with van der Waals surface area (Å²) < 4.78 is 19.4. The molecule has 0 spiro atoms. The molecule has 3 nitrogen and oxygen atoms in total. The van der Waals surface area contributed by atoms with Crippen LogP contribution in [0.3, 0.4) is 0 Å². The molecule has 0 saturated heterocycles. The van der Waals surface area contributed by atoms with Gasteiger partial charge < -0.3 is 15.8 Å². The van der Waals surface area contributed by atoms with E-state index in [0.29, 0.717) is 29.6 Å². The minimum absolute atomic E-state index is 0.223. The molecule has 26 heavy (non-hydrogen) atoms. The maximum Gasteiger partial charge on any atom is 0.129 e. The molecule has 0 aliphatic heterocycles. The Labute approximate surface area is 154 Å². The van der Waals surface area contributed by atoms with Gasteiger partial charge in [0.2, 0.25) is 0 Å². The number of halogens is 1. The van der Waals surface area contributed by atoms with Crippen LogP contribution in [-0.4, -0.2) is 18.1 Å². The fraction of sp³-hybridized carbons (Fsp3) is 0.455.